The van der Waals surface area contributed by atoms with Crippen molar-refractivity contribution < 1.29 is 18.3 Å². The second-order valence-corrected chi connectivity index (χ2v) is 12.5. The van der Waals surface area contributed by atoms with Gasteiger partial charge in [-0.3, -0.25) is 4.79 Å². The second-order valence-electron chi connectivity index (χ2n) is 9.82. The first kappa shape index (κ1) is 25.9. The summed E-state index contributed by atoms with van der Waals surface area (Å²) in [5.74, 6) is -0.341. The Labute approximate surface area is 234 Å². The zero-order valence-corrected chi connectivity index (χ0v) is 23.2. The highest BCUT2D eigenvalue weighted by atomic mass is 32.2. The number of aryl methyl sites for hydroxylation is 1. The summed E-state index contributed by atoms with van der Waals surface area (Å²) in [6.45, 7) is 2.35. The number of benzene rings is 2. The van der Waals surface area contributed by atoms with Crippen LogP contribution >= 0.6 is 11.3 Å². The fourth-order valence-corrected chi connectivity index (χ4v) is 7.08. The van der Waals surface area contributed by atoms with Crippen molar-refractivity contribution in [2.45, 2.75) is 23.8 Å². The summed E-state index contributed by atoms with van der Waals surface area (Å²) in [6.07, 6.45) is 3.14. The number of likely N-dealkylation sites (N-methyl/N-ethyl adjacent to an activating group) is 1. The van der Waals surface area contributed by atoms with Crippen molar-refractivity contribution in [3.63, 3.8) is 0 Å². The number of pyridine rings is 1. The minimum Gasteiger partial charge on any atom is -0.375 e. The van der Waals surface area contributed by atoms with Gasteiger partial charge in [-0.05, 0) is 36.8 Å². The van der Waals surface area contributed by atoms with Crippen molar-refractivity contribution in [2.75, 3.05) is 13.6 Å². The van der Waals surface area contributed by atoms with E-state index in [1.54, 1.807) is 55.6 Å². The largest absolute Gasteiger partial charge is 0.375 e. The molecule has 200 valence electrons. The number of aliphatic hydroxyl groups is 1. The predicted molar refractivity (Wildman–Crippen MR) is 151 cm³/mol. The standard InChI is InChI=1S/C29H23N5O4S2/c1-18-6-8-22(9-7-18)40(37,38)34-16-24(23-12-19(14-30)15-31-26(23)34)27-32-25(17-39-27)20-4-3-5-21(13-20)29(36)10-11-33(2)28(29)35/h3-9,12-13,15-17,36H,10-11H2,1-2H3/t29-/m1/s1. The molecule has 1 amide bonds. The first-order valence-corrected chi connectivity index (χ1v) is 14.7. The first-order valence-electron chi connectivity index (χ1n) is 12.4. The first-order chi connectivity index (χ1) is 19.1. The molecular weight excluding hydrogens is 546 g/mol. The minimum atomic E-state index is -3.98. The van der Waals surface area contributed by atoms with Crippen LogP contribution in [0.1, 0.15) is 23.1 Å². The zero-order chi connectivity index (χ0) is 28.2. The van der Waals surface area contributed by atoms with Crippen LogP contribution in [0.15, 0.2) is 77.3 Å². The number of aromatic nitrogens is 3. The molecule has 5 aromatic rings. The third kappa shape index (κ3) is 4.08. The van der Waals surface area contributed by atoms with E-state index in [2.05, 4.69) is 11.1 Å². The Balaban J connectivity index is 1.45. The molecule has 0 spiro atoms. The Hall–Kier alpha value is -4.37. The molecule has 1 aliphatic rings. The highest BCUT2D eigenvalue weighted by molar-refractivity contribution is 7.90. The van der Waals surface area contributed by atoms with Crippen LogP contribution in [0.4, 0.5) is 0 Å². The highest BCUT2D eigenvalue weighted by Crippen LogP contribution is 2.38. The van der Waals surface area contributed by atoms with Gasteiger partial charge in [0.15, 0.2) is 11.2 Å². The van der Waals surface area contributed by atoms with Gasteiger partial charge < -0.3 is 10.0 Å². The molecule has 1 saturated heterocycles. The fourth-order valence-electron chi connectivity index (χ4n) is 4.91. The van der Waals surface area contributed by atoms with Gasteiger partial charge in [-0.2, -0.15) is 5.26 Å². The number of carbonyl (C=O) groups is 1. The maximum Gasteiger partial charge on any atom is 0.269 e. The second kappa shape index (κ2) is 9.38. The van der Waals surface area contributed by atoms with E-state index < -0.39 is 15.6 Å². The number of thiazole rings is 1. The lowest BCUT2D eigenvalue weighted by Crippen LogP contribution is -2.36. The van der Waals surface area contributed by atoms with Crippen LogP contribution in [0.2, 0.25) is 0 Å². The molecule has 6 rings (SSSR count). The molecule has 11 heteroatoms. The van der Waals surface area contributed by atoms with Crippen molar-refractivity contribution in [3.8, 4) is 27.9 Å². The number of hydrogen-bond donors (Lipinski definition) is 1. The SMILES string of the molecule is Cc1ccc(S(=O)(=O)n2cc(-c3nc(-c4cccc([C@]5(O)CCN(C)C5=O)c4)cs3)c3cc(C#N)cnc32)cc1. The highest BCUT2D eigenvalue weighted by Gasteiger charge is 2.45. The minimum absolute atomic E-state index is 0.120. The van der Waals surface area contributed by atoms with Crippen molar-refractivity contribution in [3.05, 3.63) is 89.1 Å². The molecule has 1 atom stereocenters. The van der Waals surface area contributed by atoms with E-state index >= 15 is 0 Å². The molecule has 4 heterocycles. The van der Waals surface area contributed by atoms with Gasteiger partial charge in [-0.15, -0.1) is 11.3 Å². The number of hydrogen-bond acceptors (Lipinski definition) is 8. The molecule has 1 N–H and O–H groups in total. The summed E-state index contributed by atoms with van der Waals surface area (Å²) < 4.78 is 28.4. The van der Waals surface area contributed by atoms with Crippen LogP contribution in [0.3, 0.4) is 0 Å². The lowest BCUT2D eigenvalue weighted by molar-refractivity contribution is -0.143. The summed E-state index contributed by atoms with van der Waals surface area (Å²) in [5.41, 5.74) is 2.18. The third-order valence-electron chi connectivity index (χ3n) is 7.20. The van der Waals surface area contributed by atoms with Crippen LogP contribution in [-0.4, -0.2) is 51.9 Å². The molecule has 1 aliphatic heterocycles. The van der Waals surface area contributed by atoms with Gasteiger partial charge in [0.05, 0.1) is 16.2 Å². The van der Waals surface area contributed by atoms with E-state index in [1.807, 2.05) is 18.4 Å². The number of carbonyl (C=O) groups excluding carboxylic acids is 1. The van der Waals surface area contributed by atoms with Crippen molar-refractivity contribution in [1.82, 2.24) is 18.8 Å². The van der Waals surface area contributed by atoms with E-state index in [0.29, 0.717) is 51.3 Å². The molecule has 0 aliphatic carbocycles. The Kier molecular flexibility index (Phi) is 6.07. The van der Waals surface area contributed by atoms with Gasteiger partial charge in [0, 0.05) is 54.3 Å². The monoisotopic (exact) mass is 569 g/mol. The van der Waals surface area contributed by atoms with E-state index in [1.165, 1.54) is 28.6 Å². The van der Waals surface area contributed by atoms with Gasteiger partial charge in [-0.1, -0.05) is 35.9 Å². The molecule has 0 bridgehead atoms. The number of fused-ring (bicyclic) bond motifs is 1. The summed E-state index contributed by atoms with van der Waals surface area (Å²) in [6, 6.07) is 17.3. The molecule has 2 aromatic carbocycles. The molecule has 3 aromatic heterocycles. The van der Waals surface area contributed by atoms with Crippen LogP contribution in [0.5, 0.6) is 0 Å². The van der Waals surface area contributed by atoms with Crippen molar-refractivity contribution in [1.29, 1.82) is 5.26 Å². The molecule has 1 fully saturated rings. The van der Waals surface area contributed by atoms with Gasteiger partial charge in [0.25, 0.3) is 15.9 Å². The number of amides is 1. The Morgan fingerprint density at radius 1 is 1.15 bits per heavy atom. The Morgan fingerprint density at radius 3 is 2.62 bits per heavy atom. The predicted octanol–water partition coefficient (Wildman–Crippen LogP) is 4.29. The average Bonchev–Trinajstić information content (AvgIpc) is 3.67. The number of nitriles is 1. The number of likely N-dealkylation sites (tertiary alicyclic amines) is 1. The van der Waals surface area contributed by atoms with E-state index in [-0.39, 0.29) is 16.4 Å². The topological polar surface area (TPSA) is 129 Å². The molecule has 0 unspecified atom stereocenters. The number of nitrogens with zero attached hydrogens (tertiary/aromatic N) is 5. The summed E-state index contributed by atoms with van der Waals surface area (Å²) in [4.78, 5) is 23.4. The van der Waals surface area contributed by atoms with E-state index in [9.17, 15) is 23.6 Å². The van der Waals surface area contributed by atoms with Crippen LogP contribution < -0.4 is 0 Å². The van der Waals surface area contributed by atoms with Crippen LogP contribution in [0, 0.1) is 18.3 Å². The number of rotatable bonds is 5. The summed E-state index contributed by atoms with van der Waals surface area (Å²) >= 11 is 1.32. The normalized spacial score (nSPS) is 17.4. The average molecular weight is 570 g/mol. The zero-order valence-electron chi connectivity index (χ0n) is 21.6. The van der Waals surface area contributed by atoms with E-state index in [4.69, 9.17) is 4.98 Å². The Bertz CT molecular complexity index is 1950. The van der Waals surface area contributed by atoms with E-state index in [0.717, 1.165) is 9.54 Å². The van der Waals surface area contributed by atoms with Gasteiger partial charge in [-0.25, -0.2) is 22.4 Å². The summed E-state index contributed by atoms with van der Waals surface area (Å²) in [5, 5.41) is 23.4. The molecule has 0 radical (unpaired) electrons. The van der Waals surface area contributed by atoms with Crippen molar-refractivity contribution in [2.24, 2.45) is 0 Å². The van der Waals surface area contributed by atoms with Gasteiger partial charge in [0.1, 0.15) is 11.1 Å². The molecule has 0 saturated carbocycles. The van der Waals surface area contributed by atoms with Crippen LogP contribution in [-0.2, 0) is 20.4 Å². The lowest BCUT2D eigenvalue weighted by atomic mass is 9.90. The molecule has 40 heavy (non-hydrogen) atoms. The van der Waals surface area contributed by atoms with Crippen molar-refractivity contribution >= 4 is 38.3 Å². The van der Waals surface area contributed by atoms with Crippen LogP contribution in [0.25, 0.3) is 32.9 Å². The third-order valence-corrected chi connectivity index (χ3v) is 9.74. The van der Waals surface area contributed by atoms with Gasteiger partial charge >= 0.3 is 0 Å². The lowest BCUT2D eigenvalue weighted by Gasteiger charge is -2.21. The quantitative estimate of drug-likeness (QED) is 0.334. The maximum absolute atomic E-state index is 13.6. The fraction of sp³-hybridized carbons (Fsp3) is 0.172. The molecule has 9 nitrogen and oxygen atoms in total. The summed E-state index contributed by atoms with van der Waals surface area (Å²) in [7, 11) is -2.32. The maximum atomic E-state index is 13.6. The smallest absolute Gasteiger partial charge is 0.269 e. The molecular formula is C29H23N5O4S2. The Morgan fingerprint density at radius 2 is 1.93 bits per heavy atom. The van der Waals surface area contributed by atoms with Gasteiger partial charge in [0.2, 0.25) is 0 Å².